The Hall–Kier alpha value is -0.670. The molecule has 0 aromatic heterocycles. The normalized spacial score (nSPS) is 18.4. The first-order valence-electron chi connectivity index (χ1n) is 6.26. The van der Waals surface area contributed by atoms with E-state index in [1.807, 2.05) is 24.3 Å². The molecule has 0 aliphatic heterocycles. The standard InChI is InChI=1S/C14H20O2S/c1-16-10-12-6-8-14(9-7-12)17(15)11-13-4-2-3-5-13/h6-9,13H,2-5,10-11H2,1H3. The summed E-state index contributed by atoms with van der Waals surface area (Å²) >= 11 is 0. The van der Waals surface area contributed by atoms with Crippen LogP contribution in [0.5, 0.6) is 0 Å². The van der Waals surface area contributed by atoms with E-state index in [0.29, 0.717) is 12.5 Å². The van der Waals surface area contributed by atoms with Gasteiger partial charge in [-0.2, -0.15) is 0 Å². The van der Waals surface area contributed by atoms with Crippen LogP contribution in [0.15, 0.2) is 29.2 Å². The lowest BCUT2D eigenvalue weighted by Crippen LogP contribution is -2.07. The first kappa shape index (κ1) is 12.8. The molecule has 1 saturated carbocycles. The summed E-state index contributed by atoms with van der Waals surface area (Å²) in [4.78, 5) is 0.955. The fourth-order valence-electron chi connectivity index (χ4n) is 2.39. The maximum absolute atomic E-state index is 12.1. The molecule has 1 atom stereocenters. The second kappa shape index (κ2) is 6.31. The van der Waals surface area contributed by atoms with Gasteiger partial charge in [-0.1, -0.05) is 25.0 Å². The maximum atomic E-state index is 12.1. The predicted molar refractivity (Wildman–Crippen MR) is 70.4 cm³/mol. The van der Waals surface area contributed by atoms with Crippen LogP contribution >= 0.6 is 0 Å². The van der Waals surface area contributed by atoms with Crippen LogP contribution in [-0.4, -0.2) is 17.1 Å². The zero-order chi connectivity index (χ0) is 12.1. The summed E-state index contributed by atoms with van der Waals surface area (Å²) in [6.45, 7) is 0.621. The number of hydrogen-bond acceptors (Lipinski definition) is 2. The summed E-state index contributed by atoms with van der Waals surface area (Å²) in [6.07, 6.45) is 5.14. The van der Waals surface area contributed by atoms with Crippen LogP contribution < -0.4 is 0 Å². The molecule has 0 spiro atoms. The molecule has 3 heteroatoms. The Labute approximate surface area is 106 Å². The topological polar surface area (TPSA) is 26.3 Å². The quantitative estimate of drug-likeness (QED) is 0.804. The SMILES string of the molecule is COCc1ccc(S(=O)CC2CCCC2)cc1. The van der Waals surface area contributed by atoms with Gasteiger partial charge in [0.05, 0.1) is 17.4 Å². The highest BCUT2D eigenvalue weighted by Gasteiger charge is 2.18. The van der Waals surface area contributed by atoms with Crippen LogP contribution in [0.4, 0.5) is 0 Å². The van der Waals surface area contributed by atoms with Crippen LogP contribution in [0.1, 0.15) is 31.2 Å². The number of rotatable bonds is 5. The lowest BCUT2D eigenvalue weighted by atomic mass is 10.1. The molecule has 0 heterocycles. The van der Waals surface area contributed by atoms with Crippen molar-refractivity contribution in [3.63, 3.8) is 0 Å². The molecule has 0 radical (unpaired) electrons. The summed E-state index contributed by atoms with van der Waals surface area (Å²) in [5.41, 5.74) is 1.13. The van der Waals surface area contributed by atoms with Gasteiger partial charge in [0, 0.05) is 17.8 Å². The molecule has 1 aromatic rings. The molecule has 0 N–H and O–H groups in total. The van der Waals surface area contributed by atoms with Crippen molar-refractivity contribution < 1.29 is 8.95 Å². The average molecular weight is 252 g/mol. The Balaban J connectivity index is 1.93. The van der Waals surface area contributed by atoms with E-state index in [-0.39, 0.29) is 0 Å². The second-order valence-electron chi connectivity index (χ2n) is 4.74. The molecule has 1 unspecified atom stereocenters. The minimum atomic E-state index is -0.826. The number of hydrogen-bond donors (Lipinski definition) is 0. The summed E-state index contributed by atoms with van der Waals surface area (Å²) in [6, 6.07) is 7.95. The Bertz CT molecular complexity index is 366. The number of benzene rings is 1. The Morgan fingerprint density at radius 3 is 2.47 bits per heavy atom. The van der Waals surface area contributed by atoms with E-state index in [9.17, 15) is 4.21 Å². The molecule has 1 fully saturated rings. The third-order valence-electron chi connectivity index (χ3n) is 3.36. The molecule has 1 aliphatic carbocycles. The molecule has 2 rings (SSSR count). The van der Waals surface area contributed by atoms with Crippen LogP contribution in [0.2, 0.25) is 0 Å². The first-order chi connectivity index (χ1) is 8.29. The maximum Gasteiger partial charge on any atom is 0.0713 e. The second-order valence-corrected chi connectivity index (χ2v) is 6.24. The van der Waals surface area contributed by atoms with Crippen molar-refractivity contribution in [2.75, 3.05) is 12.9 Å². The van der Waals surface area contributed by atoms with Gasteiger partial charge in [-0.05, 0) is 36.5 Å². The van der Waals surface area contributed by atoms with E-state index >= 15 is 0 Å². The zero-order valence-corrected chi connectivity index (χ0v) is 11.2. The number of methoxy groups -OCH3 is 1. The van der Waals surface area contributed by atoms with Crippen molar-refractivity contribution in [1.82, 2.24) is 0 Å². The van der Waals surface area contributed by atoms with Crippen molar-refractivity contribution in [3.05, 3.63) is 29.8 Å². The third-order valence-corrected chi connectivity index (χ3v) is 4.93. The fourth-order valence-corrected chi connectivity index (χ4v) is 3.79. The summed E-state index contributed by atoms with van der Waals surface area (Å²) in [7, 11) is 0.860. The first-order valence-corrected chi connectivity index (χ1v) is 7.57. The monoisotopic (exact) mass is 252 g/mol. The largest absolute Gasteiger partial charge is 0.380 e. The van der Waals surface area contributed by atoms with Gasteiger partial charge >= 0.3 is 0 Å². The van der Waals surface area contributed by atoms with Gasteiger partial charge in [0.1, 0.15) is 0 Å². The van der Waals surface area contributed by atoms with Gasteiger partial charge < -0.3 is 4.74 Å². The summed E-state index contributed by atoms with van der Waals surface area (Å²) < 4.78 is 17.2. The van der Waals surface area contributed by atoms with Crippen LogP contribution in [0.3, 0.4) is 0 Å². The molecule has 17 heavy (non-hydrogen) atoms. The van der Waals surface area contributed by atoms with Crippen LogP contribution in [0.25, 0.3) is 0 Å². The molecule has 2 nitrogen and oxygen atoms in total. The summed E-state index contributed by atoms with van der Waals surface area (Å²) in [5, 5.41) is 0. The molecule has 0 amide bonds. The minimum absolute atomic E-state index is 0.621. The Morgan fingerprint density at radius 2 is 1.88 bits per heavy atom. The smallest absolute Gasteiger partial charge is 0.0713 e. The van der Waals surface area contributed by atoms with Crippen LogP contribution in [-0.2, 0) is 22.1 Å². The van der Waals surface area contributed by atoms with Gasteiger partial charge in [-0.15, -0.1) is 0 Å². The van der Waals surface area contributed by atoms with E-state index in [1.54, 1.807) is 7.11 Å². The fraction of sp³-hybridized carbons (Fsp3) is 0.571. The van der Waals surface area contributed by atoms with Crippen molar-refractivity contribution in [2.45, 2.75) is 37.2 Å². The molecular formula is C14H20O2S. The van der Waals surface area contributed by atoms with Gasteiger partial charge in [0.15, 0.2) is 0 Å². The minimum Gasteiger partial charge on any atom is -0.380 e. The van der Waals surface area contributed by atoms with Crippen molar-refractivity contribution in [1.29, 1.82) is 0 Å². The van der Waals surface area contributed by atoms with Gasteiger partial charge in [-0.3, -0.25) is 4.21 Å². The molecular weight excluding hydrogens is 232 g/mol. The average Bonchev–Trinajstić information content (AvgIpc) is 2.83. The predicted octanol–water partition coefficient (Wildman–Crippen LogP) is 3.13. The lowest BCUT2D eigenvalue weighted by Gasteiger charge is -2.09. The summed E-state index contributed by atoms with van der Waals surface area (Å²) in [5.74, 6) is 1.51. The van der Waals surface area contributed by atoms with Gasteiger partial charge in [0.2, 0.25) is 0 Å². The van der Waals surface area contributed by atoms with Crippen molar-refractivity contribution in [3.8, 4) is 0 Å². The van der Waals surface area contributed by atoms with Crippen molar-refractivity contribution >= 4 is 10.8 Å². The third kappa shape index (κ3) is 3.65. The van der Waals surface area contributed by atoms with Gasteiger partial charge in [-0.25, -0.2) is 0 Å². The highest BCUT2D eigenvalue weighted by atomic mass is 32.2. The van der Waals surface area contributed by atoms with E-state index in [4.69, 9.17) is 4.74 Å². The van der Waals surface area contributed by atoms with E-state index in [2.05, 4.69) is 0 Å². The zero-order valence-electron chi connectivity index (χ0n) is 10.4. The highest BCUT2D eigenvalue weighted by Crippen LogP contribution is 2.26. The molecule has 0 saturated heterocycles. The van der Waals surface area contributed by atoms with E-state index < -0.39 is 10.8 Å². The van der Waals surface area contributed by atoms with Crippen LogP contribution in [0, 0.1) is 5.92 Å². The molecule has 1 aliphatic rings. The lowest BCUT2D eigenvalue weighted by molar-refractivity contribution is 0.185. The Kier molecular flexibility index (Phi) is 4.75. The number of ether oxygens (including phenoxy) is 1. The molecule has 0 bridgehead atoms. The van der Waals surface area contributed by atoms with E-state index in [1.165, 1.54) is 25.7 Å². The van der Waals surface area contributed by atoms with Gasteiger partial charge in [0.25, 0.3) is 0 Å². The molecule has 94 valence electrons. The molecule has 1 aromatic carbocycles. The van der Waals surface area contributed by atoms with Crippen molar-refractivity contribution in [2.24, 2.45) is 5.92 Å². The highest BCUT2D eigenvalue weighted by molar-refractivity contribution is 7.85. The Morgan fingerprint density at radius 1 is 1.24 bits per heavy atom. The van der Waals surface area contributed by atoms with E-state index in [0.717, 1.165) is 16.2 Å².